The van der Waals surface area contributed by atoms with E-state index in [-0.39, 0.29) is 24.4 Å². The van der Waals surface area contributed by atoms with Crippen molar-refractivity contribution >= 4 is 23.3 Å². The summed E-state index contributed by atoms with van der Waals surface area (Å²) in [5, 5.41) is 2.83. The first-order valence-corrected chi connectivity index (χ1v) is 9.26. The fourth-order valence-corrected chi connectivity index (χ4v) is 3.06. The zero-order valence-corrected chi connectivity index (χ0v) is 15.9. The van der Waals surface area contributed by atoms with Crippen LogP contribution in [-0.4, -0.2) is 29.9 Å². The van der Waals surface area contributed by atoms with Gasteiger partial charge in [-0.15, -0.1) is 0 Å². The minimum atomic E-state index is -0.924. The Morgan fingerprint density at radius 1 is 1.11 bits per heavy atom. The second-order valence-electron chi connectivity index (χ2n) is 7.15. The Bertz CT molecular complexity index is 886. The molecule has 1 aliphatic rings. The highest BCUT2D eigenvalue weighted by atomic mass is 19.2. The molecule has 0 radical (unpaired) electrons. The number of hydrogen-bond acceptors (Lipinski definition) is 2. The SMILES string of the molecule is CC(C)C(=O)Nc1cccc(N2CCCN(Cc3ccc(F)c(F)c3)C2=O)c1. The minimum Gasteiger partial charge on any atom is -0.326 e. The second kappa shape index (κ2) is 8.37. The number of amides is 3. The fourth-order valence-electron chi connectivity index (χ4n) is 3.06. The van der Waals surface area contributed by atoms with Gasteiger partial charge in [0, 0.05) is 36.9 Å². The quantitative estimate of drug-likeness (QED) is 0.827. The first kappa shape index (κ1) is 19.8. The highest BCUT2D eigenvalue weighted by Crippen LogP contribution is 2.25. The molecular weight excluding hydrogens is 364 g/mol. The summed E-state index contributed by atoms with van der Waals surface area (Å²) in [6, 6.07) is 10.6. The minimum absolute atomic E-state index is 0.0953. The van der Waals surface area contributed by atoms with Crippen LogP contribution < -0.4 is 10.2 Å². The van der Waals surface area contributed by atoms with Gasteiger partial charge in [-0.2, -0.15) is 0 Å². The Balaban J connectivity index is 1.75. The maximum Gasteiger partial charge on any atom is 0.324 e. The third kappa shape index (κ3) is 4.47. The predicted molar refractivity (Wildman–Crippen MR) is 104 cm³/mol. The zero-order valence-electron chi connectivity index (χ0n) is 15.9. The molecule has 1 fully saturated rings. The maximum atomic E-state index is 13.5. The molecule has 0 unspecified atom stereocenters. The van der Waals surface area contributed by atoms with Crippen molar-refractivity contribution in [3.05, 3.63) is 59.7 Å². The van der Waals surface area contributed by atoms with Crippen LogP contribution in [0.2, 0.25) is 0 Å². The van der Waals surface area contributed by atoms with Crippen molar-refractivity contribution in [3.63, 3.8) is 0 Å². The number of nitrogens with zero attached hydrogens (tertiary/aromatic N) is 2. The van der Waals surface area contributed by atoms with Crippen molar-refractivity contribution in [3.8, 4) is 0 Å². The molecule has 3 rings (SSSR count). The molecule has 0 atom stereocenters. The Morgan fingerprint density at radius 3 is 2.61 bits per heavy atom. The largest absolute Gasteiger partial charge is 0.326 e. The third-order valence-electron chi connectivity index (χ3n) is 4.62. The summed E-state index contributed by atoms with van der Waals surface area (Å²) in [5.74, 6) is -2.07. The molecule has 1 saturated heterocycles. The molecule has 1 N–H and O–H groups in total. The second-order valence-corrected chi connectivity index (χ2v) is 7.15. The Labute approximate surface area is 162 Å². The Hall–Kier alpha value is -2.96. The highest BCUT2D eigenvalue weighted by Gasteiger charge is 2.27. The van der Waals surface area contributed by atoms with Crippen LogP contribution in [0.3, 0.4) is 0 Å². The summed E-state index contributed by atoms with van der Waals surface area (Å²) in [4.78, 5) is 28.1. The van der Waals surface area contributed by atoms with Crippen LogP contribution in [0, 0.1) is 17.6 Å². The van der Waals surface area contributed by atoms with Crippen molar-refractivity contribution in [2.75, 3.05) is 23.3 Å². The topological polar surface area (TPSA) is 52.7 Å². The first-order chi connectivity index (χ1) is 13.3. The molecule has 1 heterocycles. The lowest BCUT2D eigenvalue weighted by Crippen LogP contribution is -2.49. The van der Waals surface area contributed by atoms with Crippen LogP contribution in [0.5, 0.6) is 0 Å². The van der Waals surface area contributed by atoms with Crippen molar-refractivity contribution in [2.24, 2.45) is 5.92 Å². The number of nitrogens with one attached hydrogen (secondary N) is 1. The van der Waals surface area contributed by atoms with Gasteiger partial charge in [-0.3, -0.25) is 9.69 Å². The summed E-state index contributed by atoms with van der Waals surface area (Å²) >= 11 is 0. The number of urea groups is 1. The van der Waals surface area contributed by atoms with E-state index >= 15 is 0 Å². The standard InChI is InChI=1S/C21H23F2N3O2/c1-14(2)20(27)24-16-5-3-6-17(12-16)26-10-4-9-25(21(26)28)13-15-7-8-18(22)19(23)11-15/h3,5-8,11-12,14H,4,9-10,13H2,1-2H3,(H,24,27). The summed E-state index contributed by atoms with van der Waals surface area (Å²) < 4.78 is 26.6. The summed E-state index contributed by atoms with van der Waals surface area (Å²) in [6.45, 7) is 4.91. The van der Waals surface area contributed by atoms with Gasteiger partial charge in [0.2, 0.25) is 5.91 Å². The molecule has 2 aromatic rings. The van der Waals surface area contributed by atoms with Crippen molar-refractivity contribution in [2.45, 2.75) is 26.8 Å². The van der Waals surface area contributed by atoms with Crippen LogP contribution in [-0.2, 0) is 11.3 Å². The van der Waals surface area contributed by atoms with E-state index in [2.05, 4.69) is 5.32 Å². The smallest absolute Gasteiger partial charge is 0.324 e. The highest BCUT2D eigenvalue weighted by molar-refractivity contribution is 5.95. The molecule has 148 valence electrons. The van der Waals surface area contributed by atoms with Gasteiger partial charge in [-0.25, -0.2) is 13.6 Å². The van der Waals surface area contributed by atoms with E-state index in [9.17, 15) is 18.4 Å². The van der Waals surface area contributed by atoms with Gasteiger partial charge in [0.15, 0.2) is 11.6 Å². The van der Waals surface area contributed by atoms with Gasteiger partial charge in [0.25, 0.3) is 0 Å². The average Bonchev–Trinajstić information content (AvgIpc) is 2.66. The summed E-state index contributed by atoms with van der Waals surface area (Å²) in [7, 11) is 0. The number of halogens is 2. The average molecular weight is 387 g/mol. The normalized spacial score (nSPS) is 14.5. The molecule has 2 aromatic carbocycles. The number of benzene rings is 2. The van der Waals surface area contributed by atoms with Crippen LogP contribution in [0.15, 0.2) is 42.5 Å². The van der Waals surface area contributed by atoms with Gasteiger partial charge in [0.05, 0.1) is 0 Å². The molecular formula is C21H23F2N3O2. The number of carbonyl (C=O) groups excluding carboxylic acids is 2. The van der Waals surface area contributed by atoms with Gasteiger partial charge < -0.3 is 10.2 Å². The van der Waals surface area contributed by atoms with Crippen LogP contribution in [0.25, 0.3) is 0 Å². The third-order valence-corrected chi connectivity index (χ3v) is 4.62. The van der Waals surface area contributed by atoms with Crippen LogP contribution in [0.4, 0.5) is 25.0 Å². The molecule has 28 heavy (non-hydrogen) atoms. The van der Waals surface area contributed by atoms with E-state index in [4.69, 9.17) is 0 Å². The predicted octanol–water partition coefficient (Wildman–Crippen LogP) is 4.39. The molecule has 3 amide bonds. The fraction of sp³-hybridized carbons (Fsp3) is 0.333. The van der Waals surface area contributed by atoms with E-state index in [1.807, 2.05) is 19.9 Å². The molecule has 0 spiro atoms. The lowest BCUT2D eigenvalue weighted by atomic mass is 10.1. The number of carbonyl (C=O) groups is 2. The van der Waals surface area contributed by atoms with Crippen molar-refractivity contribution in [1.82, 2.24) is 4.90 Å². The van der Waals surface area contributed by atoms with Crippen molar-refractivity contribution in [1.29, 1.82) is 0 Å². The lowest BCUT2D eigenvalue weighted by molar-refractivity contribution is -0.118. The first-order valence-electron chi connectivity index (χ1n) is 9.26. The number of anilines is 2. The maximum absolute atomic E-state index is 13.5. The molecule has 0 saturated carbocycles. The molecule has 7 heteroatoms. The summed E-state index contributed by atoms with van der Waals surface area (Å²) in [5.41, 5.74) is 1.84. The lowest BCUT2D eigenvalue weighted by Gasteiger charge is -2.36. The van der Waals surface area contributed by atoms with E-state index in [0.29, 0.717) is 30.0 Å². The molecule has 0 bridgehead atoms. The van der Waals surface area contributed by atoms with Gasteiger partial charge in [0.1, 0.15) is 0 Å². The summed E-state index contributed by atoms with van der Waals surface area (Å²) in [6.07, 6.45) is 0.748. The Kier molecular flexibility index (Phi) is 5.92. The van der Waals surface area contributed by atoms with E-state index in [0.717, 1.165) is 18.6 Å². The molecule has 1 aliphatic heterocycles. The van der Waals surface area contributed by atoms with Crippen molar-refractivity contribution < 1.29 is 18.4 Å². The van der Waals surface area contributed by atoms with E-state index in [1.54, 1.807) is 28.0 Å². The van der Waals surface area contributed by atoms with Gasteiger partial charge in [-0.05, 0) is 42.3 Å². The molecule has 0 aromatic heterocycles. The monoisotopic (exact) mass is 387 g/mol. The van der Waals surface area contributed by atoms with Crippen LogP contribution in [0.1, 0.15) is 25.8 Å². The number of rotatable bonds is 5. The molecule has 5 nitrogen and oxygen atoms in total. The zero-order chi connectivity index (χ0) is 20.3. The number of hydrogen-bond donors (Lipinski definition) is 1. The van der Waals surface area contributed by atoms with Gasteiger partial charge in [-0.1, -0.05) is 26.0 Å². The molecule has 0 aliphatic carbocycles. The van der Waals surface area contributed by atoms with Gasteiger partial charge >= 0.3 is 6.03 Å². The van der Waals surface area contributed by atoms with Crippen LogP contribution >= 0.6 is 0 Å². The van der Waals surface area contributed by atoms with E-state index in [1.165, 1.54) is 6.07 Å². The van der Waals surface area contributed by atoms with E-state index < -0.39 is 11.6 Å². The Morgan fingerprint density at radius 2 is 1.89 bits per heavy atom.